The normalized spacial score (nSPS) is 11.2. The largest absolute Gasteiger partial charge is 0.467 e. The van der Waals surface area contributed by atoms with Crippen LogP contribution >= 0.6 is 0 Å². The Labute approximate surface area is 136 Å². The number of hydrogen-bond donors (Lipinski definition) is 1. The van der Waals surface area contributed by atoms with E-state index >= 15 is 0 Å². The molecule has 0 spiro atoms. The van der Waals surface area contributed by atoms with Crippen molar-refractivity contribution in [2.24, 2.45) is 0 Å². The highest BCUT2D eigenvalue weighted by molar-refractivity contribution is 7.92. The van der Waals surface area contributed by atoms with Crippen LogP contribution in [-0.4, -0.2) is 27.1 Å². The maximum Gasteiger partial charge on any atom is 0.232 e. The average molecular weight is 336 g/mol. The van der Waals surface area contributed by atoms with E-state index in [1.54, 1.807) is 42.7 Å². The van der Waals surface area contributed by atoms with E-state index in [1.165, 1.54) is 4.31 Å². The highest BCUT2D eigenvalue weighted by atomic mass is 32.2. The molecule has 1 aromatic carbocycles. The summed E-state index contributed by atoms with van der Waals surface area (Å²) < 4.78 is 30.2. The van der Waals surface area contributed by atoms with Crippen molar-refractivity contribution >= 4 is 21.6 Å². The van der Waals surface area contributed by atoms with Crippen molar-refractivity contribution in [1.29, 1.82) is 0 Å². The molecule has 1 amide bonds. The first kappa shape index (κ1) is 17.1. The summed E-state index contributed by atoms with van der Waals surface area (Å²) in [4.78, 5) is 11.8. The lowest BCUT2D eigenvalue weighted by Crippen LogP contribution is -2.32. The van der Waals surface area contributed by atoms with Gasteiger partial charge in [-0.2, -0.15) is 0 Å². The van der Waals surface area contributed by atoms with Crippen LogP contribution in [-0.2, 0) is 21.4 Å². The molecule has 2 aromatic rings. The van der Waals surface area contributed by atoms with Crippen LogP contribution in [0.3, 0.4) is 0 Å². The monoisotopic (exact) mass is 336 g/mol. The molecule has 1 aromatic heterocycles. The lowest BCUT2D eigenvalue weighted by atomic mass is 10.2. The van der Waals surface area contributed by atoms with E-state index < -0.39 is 10.0 Å². The predicted molar refractivity (Wildman–Crippen MR) is 88.4 cm³/mol. The predicted octanol–water partition coefficient (Wildman–Crippen LogP) is 2.14. The fourth-order valence-electron chi connectivity index (χ4n) is 2.15. The van der Waals surface area contributed by atoms with Crippen LogP contribution in [0.25, 0.3) is 0 Å². The molecule has 0 radical (unpaired) electrons. The van der Waals surface area contributed by atoms with E-state index in [1.807, 2.05) is 6.07 Å². The van der Waals surface area contributed by atoms with Gasteiger partial charge >= 0.3 is 0 Å². The van der Waals surface area contributed by atoms with Crippen LogP contribution in [0.5, 0.6) is 0 Å². The minimum absolute atomic E-state index is 0.136. The van der Waals surface area contributed by atoms with Gasteiger partial charge in [0.05, 0.1) is 24.8 Å². The van der Waals surface area contributed by atoms with Gasteiger partial charge in [0.1, 0.15) is 5.76 Å². The quantitative estimate of drug-likeness (QED) is 0.801. The highest BCUT2D eigenvalue weighted by Crippen LogP contribution is 2.17. The van der Waals surface area contributed by atoms with Crippen molar-refractivity contribution in [3.63, 3.8) is 0 Å². The van der Waals surface area contributed by atoms with Gasteiger partial charge in [-0.05, 0) is 30.7 Å². The second-order valence-corrected chi connectivity index (χ2v) is 7.04. The molecule has 6 nitrogen and oxygen atoms in total. The van der Waals surface area contributed by atoms with Crippen LogP contribution in [0.2, 0.25) is 0 Å². The van der Waals surface area contributed by atoms with Gasteiger partial charge < -0.3 is 9.73 Å². The Morgan fingerprint density at radius 2 is 1.91 bits per heavy atom. The molecule has 0 aliphatic rings. The first-order valence-corrected chi connectivity index (χ1v) is 9.13. The number of hydrogen-bond acceptors (Lipinski definition) is 4. The number of amides is 1. The van der Waals surface area contributed by atoms with Crippen molar-refractivity contribution in [2.75, 3.05) is 17.1 Å². The highest BCUT2D eigenvalue weighted by Gasteiger charge is 2.17. The van der Waals surface area contributed by atoms with Crippen LogP contribution in [0.1, 0.15) is 18.6 Å². The van der Waals surface area contributed by atoms with E-state index in [4.69, 9.17) is 4.42 Å². The molecule has 0 aliphatic carbocycles. The Hall–Kier alpha value is -2.28. The molecule has 124 valence electrons. The minimum Gasteiger partial charge on any atom is -0.467 e. The number of rotatable bonds is 8. The van der Waals surface area contributed by atoms with Gasteiger partial charge in [-0.3, -0.25) is 9.10 Å². The molecule has 2 rings (SSSR count). The Morgan fingerprint density at radius 1 is 1.17 bits per heavy atom. The van der Waals surface area contributed by atoms with Crippen LogP contribution < -0.4 is 9.62 Å². The zero-order valence-corrected chi connectivity index (χ0v) is 13.8. The Morgan fingerprint density at radius 3 is 2.52 bits per heavy atom. The molecule has 0 fully saturated rings. The molecule has 1 N–H and O–H groups in total. The molecule has 0 saturated heterocycles. The van der Waals surface area contributed by atoms with Gasteiger partial charge in [0, 0.05) is 13.0 Å². The summed E-state index contributed by atoms with van der Waals surface area (Å²) in [6, 6.07) is 12.4. The number of carbonyl (C=O) groups is 1. The third-order valence-electron chi connectivity index (χ3n) is 3.25. The minimum atomic E-state index is -3.38. The SMILES string of the molecule is CS(=O)(=O)N(CCCC(=O)NCc1ccco1)c1ccccc1. The smallest absolute Gasteiger partial charge is 0.232 e. The summed E-state index contributed by atoms with van der Waals surface area (Å²) in [7, 11) is -3.38. The van der Waals surface area contributed by atoms with Gasteiger partial charge in [-0.25, -0.2) is 8.42 Å². The summed E-state index contributed by atoms with van der Waals surface area (Å²) in [6.07, 6.45) is 3.40. The van der Waals surface area contributed by atoms with E-state index in [0.29, 0.717) is 24.4 Å². The Kier molecular flexibility index (Phi) is 5.81. The fourth-order valence-corrected chi connectivity index (χ4v) is 3.12. The van der Waals surface area contributed by atoms with E-state index in [0.717, 1.165) is 6.26 Å². The zero-order valence-electron chi connectivity index (χ0n) is 12.9. The Balaban J connectivity index is 1.83. The molecule has 0 bridgehead atoms. The second kappa shape index (κ2) is 7.82. The van der Waals surface area contributed by atoms with Crippen LogP contribution in [0.4, 0.5) is 5.69 Å². The maximum atomic E-state index is 11.9. The van der Waals surface area contributed by atoms with Crippen molar-refractivity contribution in [3.05, 3.63) is 54.5 Å². The number of nitrogens with one attached hydrogen (secondary N) is 1. The molecule has 1 heterocycles. The lowest BCUT2D eigenvalue weighted by molar-refractivity contribution is -0.121. The molecule has 23 heavy (non-hydrogen) atoms. The standard InChI is InChI=1S/C16H20N2O4S/c1-23(20,21)18(14-7-3-2-4-8-14)11-5-10-16(19)17-13-15-9-6-12-22-15/h2-4,6-9,12H,5,10-11,13H2,1H3,(H,17,19). The number of sulfonamides is 1. The summed E-state index contributed by atoms with van der Waals surface area (Å²) in [5.74, 6) is 0.545. The lowest BCUT2D eigenvalue weighted by Gasteiger charge is -2.22. The summed E-state index contributed by atoms with van der Waals surface area (Å²) >= 11 is 0. The van der Waals surface area contributed by atoms with Crippen LogP contribution in [0.15, 0.2) is 53.1 Å². The molecular weight excluding hydrogens is 316 g/mol. The first-order valence-electron chi connectivity index (χ1n) is 7.28. The average Bonchev–Trinajstić information content (AvgIpc) is 3.02. The third-order valence-corrected chi connectivity index (χ3v) is 4.44. The summed E-state index contributed by atoms with van der Waals surface area (Å²) in [5.41, 5.74) is 0.603. The number of nitrogens with zero attached hydrogens (tertiary/aromatic N) is 1. The van der Waals surface area contributed by atoms with E-state index in [-0.39, 0.29) is 18.9 Å². The molecule has 0 aliphatic heterocycles. The third kappa shape index (κ3) is 5.45. The van der Waals surface area contributed by atoms with E-state index in [2.05, 4.69) is 5.32 Å². The topological polar surface area (TPSA) is 79.6 Å². The van der Waals surface area contributed by atoms with Crippen molar-refractivity contribution < 1.29 is 17.6 Å². The number of anilines is 1. The molecule has 0 saturated carbocycles. The van der Waals surface area contributed by atoms with Crippen LogP contribution in [0, 0.1) is 0 Å². The molecule has 0 unspecified atom stereocenters. The Bertz CT molecular complexity index is 712. The van der Waals surface area contributed by atoms with E-state index in [9.17, 15) is 13.2 Å². The van der Waals surface area contributed by atoms with Gasteiger partial charge in [-0.1, -0.05) is 18.2 Å². The van der Waals surface area contributed by atoms with Crippen molar-refractivity contribution in [3.8, 4) is 0 Å². The molecule has 0 atom stereocenters. The number of para-hydroxylation sites is 1. The zero-order chi connectivity index (χ0) is 16.7. The summed E-state index contributed by atoms with van der Waals surface area (Å²) in [6.45, 7) is 0.595. The van der Waals surface area contributed by atoms with Crippen molar-refractivity contribution in [2.45, 2.75) is 19.4 Å². The maximum absolute atomic E-state index is 11.9. The second-order valence-electron chi connectivity index (χ2n) is 5.13. The van der Waals surface area contributed by atoms with Gasteiger partial charge in [0.2, 0.25) is 15.9 Å². The van der Waals surface area contributed by atoms with Gasteiger partial charge in [0.25, 0.3) is 0 Å². The fraction of sp³-hybridized carbons (Fsp3) is 0.312. The van der Waals surface area contributed by atoms with Gasteiger partial charge in [-0.15, -0.1) is 0 Å². The molecule has 7 heteroatoms. The first-order chi connectivity index (χ1) is 11.0. The number of furan rings is 1. The summed E-state index contributed by atoms with van der Waals surface area (Å²) in [5, 5.41) is 2.74. The van der Waals surface area contributed by atoms with Gasteiger partial charge in [0.15, 0.2) is 0 Å². The number of benzene rings is 1. The molecular formula is C16H20N2O4S. The van der Waals surface area contributed by atoms with Crippen molar-refractivity contribution in [1.82, 2.24) is 5.32 Å². The number of carbonyl (C=O) groups excluding carboxylic acids is 1.